The van der Waals surface area contributed by atoms with E-state index in [1.54, 1.807) is 0 Å². The average Bonchev–Trinajstić information content (AvgIpc) is 2.80. The van der Waals surface area contributed by atoms with Gasteiger partial charge in [-0.3, -0.25) is 0 Å². The predicted octanol–water partition coefficient (Wildman–Crippen LogP) is 1.24. The standard InChI is InChI=1S/C9H6ClFN4O2/c1-17-8(16)5-2-13-15(4-5)7-6(11)3-12-9(10)14-7/h2-4H,1H3. The number of rotatable bonds is 2. The van der Waals surface area contributed by atoms with Gasteiger partial charge in [0.05, 0.1) is 25.1 Å². The Bertz CT molecular complexity index is 572. The van der Waals surface area contributed by atoms with Gasteiger partial charge in [-0.25, -0.2) is 18.9 Å². The van der Waals surface area contributed by atoms with Gasteiger partial charge >= 0.3 is 5.97 Å². The van der Waals surface area contributed by atoms with E-state index >= 15 is 0 Å². The summed E-state index contributed by atoms with van der Waals surface area (Å²) in [4.78, 5) is 18.3. The van der Waals surface area contributed by atoms with Crippen molar-refractivity contribution in [3.8, 4) is 5.82 Å². The van der Waals surface area contributed by atoms with Crippen LogP contribution in [0.5, 0.6) is 0 Å². The molecule has 2 aromatic rings. The predicted molar refractivity (Wildman–Crippen MR) is 55.5 cm³/mol. The molecule has 0 amide bonds. The Morgan fingerprint density at radius 3 is 3.00 bits per heavy atom. The highest BCUT2D eigenvalue weighted by Gasteiger charge is 2.13. The fourth-order valence-electron chi connectivity index (χ4n) is 1.16. The molecule has 0 atom stereocenters. The van der Waals surface area contributed by atoms with Crippen LogP contribution in [0.3, 0.4) is 0 Å². The van der Waals surface area contributed by atoms with Crippen molar-refractivity contribution in [2.45, 2.75) is 0 Å². The first-order chi connectivity index (χ1) is 8.11. The molecular formula is C9H6ClFN4O2. The number of hydrogen-bond acceptors (Lipinski definition) is 5. The molecule has 2 heterocycles. The first-order valence-corrected chi connectivity index (χ1v) is 4.81. The summed E-state index contributed by atoms with van der Waals surface area (Å²) in [6.07, 6.45) is 3.44. The van der Waals surface area contributed by atoms with Gasteiger partial charge in [-0.2, -0.15) is 10.1 Å². The molecule has 0 fully saturated rings. The summed E-state index contributed by atoms with van der Waals surface area (Å²) in [6, 6.07) is 0. The Morgan fingerprint density at radius 1 is 1.53 bits per heavy atom. The second kappa shape index (κ2) is 4.46. The Labute approximate surface area is 100 Å². The number of nitrogens with zero attached hydrogens (tertiary/aromatic N) is 4. The van der Waals surface area contributed by atoms with Gasteiger partial charge in [0.25, 0.3) is 0 Å². The molecule has 8 heteroatoms. The van der Waals surface area contributed by atoms with Crippen molar-refractivity contribution in [1.82, 2.24) is 19.7 Å². The van der Waals surface area contributed by atoms with Crippen LogP contribution in [-0.4, -0.2) is 32.8 Å². The summed E-state index contributed by atoms with van der Waals surface area (Å²) in [5, 5.41) is 3.67. The summed E-state index contributed by atoms with van der Waals surface area (Å²) in [5.41, 5.74) is 0.182. The van der Waals surface area contributed by atoms with E-state index in [4.69, 9.17) is 11.6 Å². The number of carbonyl (C=O) groups excluding carboxylic acids is 1. The zero-order valence-corrected chi connectivity index (χ0v) is 9.35. The zero-order chi connectivity index (χ0) is 12.4. The Morgan fingerprint density at radius 2 is 2.29 bits per heavy atom. The molecule has 0 spiro atoms. The molecule has 0 aliphatic heterocycles. The Hall–Kier alpha value is -2.02. The molecule has 0 bridgehead atoms. The van der Waals surface area contributed by atoms with Crippen LogP contribution in [0.15, 0.2) is 18.6 Å². The molecule has 2 aromatic heterocycles. The molecule has 17 heavy (non-hydrogen) atoms. The van der Waals surface area contributed by atoms with E-state index in [-0.39, 0.29) is 16.7 Å². The van der Waals surface area contributed by atoms with Crippen LogP contribution >= 0.6 is 11.6 Å². The van der Waals surface area contributed by atoms with Crippen molar-refractivity contribution >= 4 is 17.6 Å². The van der Waals surface area contributed by atoms with Crippen molar-refractivity contribution in [3.05, 3.63) is 35.3 Å². The summed E-state index contributed by atoms with van der Waals surface area (Å²) in [6.45, 7) is 0. The fourth-order valence-corrected chi connectivity index (χ4v) is 1.29. The van der Waals surface area contributed by atoms with Gasteiger partial charge in [0.1, 0.15) is 0 Å². The number of aromatic nitrogens is 4. The Kier molecular flexibility index (Phi) is 3.01. The maximum Gasteiger partial charge on any atom is 0.341 e. The van der Waals surface area contributed by atoms with Crippen LogP contribution < -0.4 is 0 Å². The molecule has 0 aliphatic rings. The fraction of sp³-hybridized carbons (Fsp3) is 0.111. The van der Waals surface area contributed by atoms with Gasteiger partial charge in [-0.1, -0.05) is 0 Å². The lowest BCUT2D eigenvalue weighted by atomic mass is 10.4. The molecule has 0 radical (unpaired) electrons. The van der Waals surface area contributed by atoms with Crippen LogP contribution in [0.2, 0.25) is 5.28 Å². The third-order valence-corrected chi connectivity index (χ3v) is 2.10. The molecule has 0 unspecified atom stereocenters. The summed E-state index contributed by atoms with van der Waals surface area (Å²) in [7, 11) is 1.24. The maximum absolute atomic E-state index is 13.4. The smallest absolute Gasteiger partial charge is 0.341 e. The molecule has 0 aliphatic carbocycles. The van der Waals surface area contributed by atoms with Crippen molar-refractivity contribution in [1.29, 1.82) is 0 Å². The van der Waals surface area contributed by atoms with E-state index in [2.05, 4.69) is 19.8 Å². The van der Waals surface area contributed by atoms with Crippen LogP contribution in [0.25, 0.3) is 5.82 Å². The zero-order valence-electron chi connectivity index (χ0n) is 8.59. The third-order valence-electron chi connectivity index (χ3n) is 1.92. The van der Waals surface area contributed by atoms with E-state index < -0.39 is 11.8 Å². The molecule has 2 rings (SSSR count). The number of hydrogen-bond donors (Lipinski definition) is 0. The minimum absolute atomic E-state index is 0.114. The van der Waals surface area contributed by atoms with Gasteiger partial charge in [-0.15, -0.1) is 0 Å². The second-order valence-electron chi connectivity index (χ2n) is 2.98. The van der Waals surface area contributed by atoms with E-state index in [1.807, 2.05) is 0 Å². The van der Waals surface area contributed by atoms with Gasteiger partial charge in [0.2, 0.25) is 5.28 Å². The largest absolute Gasteiger partial charge is 0.465 e. The van der Waals surface area contributed by atoms with E-state index in [1.165, 1.54) is 19.5 Å². The summed E-state index contributed by atoms with van der Waals surface area (Å²) < 4.78 is 19.0. The van der Waals surface area contributed by atoms with Crippen LogP contribution in [0, 0.1) is 5.82 Å². The number of esters is 1. The average molecular weight is 257 g/mol. The highest BCUT2D eigenvalue weighted by Crippen LogP contribution is 2.12. The van der Waals surface area contributed by atoms with Gasteiger partial charge < -0.3 is 4.74 Å². The van der Waals surface area contributed by atoms with Crippen molar-refractivity contribution in [3.63, 3.8) is 0 Å². The first-order valence-electron chi connectivity index (χ1n) is 4.43. The minimum Gasteiger partial charge on any atom is -0.465 e. The molecule has 0 N–H and O–H groups in total. The lowest BCUT2D eigenvalue weighted by molar-refractivity contribution is 0.0600. The highest BCUT2D eigenvalue weighted by atomic mass is 35.5. The van der Waals surface area contributed by atoms with E-state index in [0.29, 0.717) is 0 Å². The van der Waals surface area contributed by atoms with Gasteiger partial charge in [-0.05, 0) is 11.6 Å². The van der Waals surface area contributed by atoms with Crippen molar-refractivity contribution in [2.24, 2.45) is 0 Å². The summed E-state index contributed by atoms with van der Waals surface area (Å²) in [5.74, 6) is -1.41. The topological polar surface area (TPSA) is 69.9 Å². The molecule has 0 saturated carbocycles. The molecule has 6 nitrogen and oxygen atoms in total. The quantitative estimate of drug-likeness (QED) is 0.597. The molecule has 0 aromatic carbocycles. The lowest BCUT2D eigenvalue weighted by Crippen LogP contribution is -2.03. The number of methoxy groups -OCH3 is 1. The van der Waals surface area contributed by atoms with E-state index in [0.717, 1.165) is 10.9 Å². The minimum atomic E-state index is -0.700. The molecular weight excluding hydrogens is 251 g/mol. The van der Waals surface area contributed by atoms with Gasteiger partial charge in [0.15, 0.2) is 11.6 Å². The number of ether oxygens (including phenoxy) is 1. The first kappa shape index (κ1) is 11.5. The second-order valence-corrected chi connectivity index (χ2v) is 3.31. The molecule has 0 saturated heterocycles. The van der Waals surface area contributed by atoms with E-state index in [9.17, 15) is 9.18 Å². The number of carbonyl (C=O) groups is 1. The monoisotopic (exact) mass is 256 g/mol. The molecule has 88 valence electrons. The number of halogens is 2. The highest BCUT2D eigenvalue weighted by molar-refractivity contribution is 6.28. The van der Waals surface area contributed by atoms with Crippen LogP contribution in [0.1, 0.15) is 10.4 Å². The third kappa shape index (κ3) is 2.23. The lowest BCUT2D eigenvalue weighted by Gasteiger charge is -2.00. The van der Waals surface area contributed by atoms with Crippen molar-refractivity contribution < 1.29 is 13.9 Å². The Balaban J connectivity index is 2.43. The van der Waals surface area contributed by atoms with Crippen LogP contribution in [0.4, 0.5) is 4.39 Å². The van der Waals surface area contributed by atoms with Crippen molar-refractivity contribution in [2.75, 3.05) is 7.11 Å². The summed E-state index contributed by atoms with van der Waals surface area (Å²) >= 11 is 5.54. The van der Waals surface area contributed by atoms with Gasteiger partial charge in [0, 0.05) is 6.20 Å². The SMILES string of the molecule is COC(=O)c1cnn(-c2nc(Cl)ncc2F)c1. The maximum atomic E-state index is 13.4. The van der Waals surface area contributed by atoms with Crippen LogP contribution in [-0.2, 0) is 4.74 Å². The normalized spacial score (nSPS) is 10.3.